The van der Waals surface area contributed by atoms with Crippen LogP contribution in [0.15, 0.2) is 27.6 Å². The molecule has 0 heterocycles. The Morgan fingerprint density at radius 1 is 1.40 bits per heavy atom. The minimum Gasteiger partial charge on any atom is -0.478 e. The van der Waals surface area contributed by atoms with Gasteiger partial charge in [-0.3, -0.25) is 0 Å². The van der Waals surface area contributed by atoms with Crippen molar-refractivity contribution >= 4 is 31.9 Å². The summed E-state index contributed by atoms with van der Waals surface area (Å²) in [5.74, 6) is -0.831. The molecule has 1 aromatic rings. The molecule has 20 heavy (non-hydrogen) atoms. The SMILES string of the molecule is CC(C)(NS(=O)(=O)c1ccc(Br)c(C(=O)O)c1)C1CC1. The van der Waals surface area contributed by atoms with Gasteiger partial charge in [0.05, 0.1) is 10.5 Å². The van der Waals surface area contributed by atoms with Crippen LogP contribution >= 0.6 is 15.9 Å². The molecule has 1 aliphatic rings. The van der Waals surface area contributed by atoms with Crippen molar-refractivity contribution < 1.29 is 18.3 Å². The van der Waals surface area contributed by atoms with E-state index in [1.54, 1.807) is 0 Å². The molecule has 1 saturated carbocycles. The monoisotopic (exact) mass is 361 g/mol. The van der Waals surface area contributed by atoms with Crippen molar-refractivity contribution in [2.24, 2.45) is 5.92 Å². The van der Waals surface area contributed by atoms with Gasteiger partial charge in [-0.25, -0.2) is 17.9 Å². The number of hydrogen-bond acceptors (Lipinski definition) is 3. The highest BCUT2D eigenvalue weighted by Gasteiger charge is 2.40. The Morgan fingerprint density at radius 2 is 2.00 bits per heavy atom. The van der Waals surface area contributed by atoms with E-state index >= 15 is 0 Å². The maximum Gasteiger partial charge on any atom is 0.336 e. The van der Waals surface area contributed by atoms with Crippen LogP contribution in [-0.2, 0) is 10.0 Å². The zero-order valence-electron chi connectivity index (χ0n) is 11.2. The number of benzene rings is 1. The van der Waals surface area contributed by atoms with E-state index in [9.17, 15) is 13.2 Å². The molecule has 5 nitrogen and oxygen atoms in total. The van der Waals surface area contributed by atoms with Gasteiger partial charge in [0.1, 0.15) is 0 Å². The molecule has 0 amide bonds. The van der Waals surface area contributed by atoms with Crippen LogP contribution in [0.2, 0.25) is 0 Å². The summed E-state index contributed by atoms with van der Waals surface area (Å²) in [6, 6.07) is 3.99. The van der Waals surface area contributed by atoms with Crippen LogP contribution in [0.3, 0.4) is 0 Å². The van der Waals surface area contributed by atoms with E-state index in [4.69, 9.17) is 5.11 Å². The maximum atomic E-state index is 12.3. The topological polar surface area (TPSA) is 83.5 Å². The van der Waals surface area contributed by atoms with Crippen LogP contribution in [0, 0.1) is 5.92 Å². The van der Waals surface area contributed by atoms with Gasteiger partial charge >= 0.3 is 5.97 Å². The normalized spacial score (nSPS) is 16.1. The summed E-state index contributed by atoms with van der Waals surface area (Å²) in [5, 5.41) is 9.04. The second-order valence-electron chi connectivity index (χ2n) is 5.55. The Labute approximate surface area is 126 Å². The number of carboxylic acids is 1. The summed E-state index contributed by atoms with van der Waals surface area (Å²) in [6.45, 7) is 3.69. The average molecular weight is 362 g/mol. The average Bonchev–Trinajstić information content (AvgIpc) is 3.11. The van der Waals surface area contributed by atoms with Gasteiger partial charge in [-0.2, -0.15) is 0 Å². The number of rotatable bonds is 5. The van der Waals surface area contributed by atoms with Gasteiger partial charge in [0, 0.05) is 10.0 Å². The Bertz CT molecular complexity index is 650. The minimum absolute atomic E-state index is 0.0353. The zero-order chi connectivity index (χ0) is 15.1. The molecule has 0 aromatic heterocycles. The molecular formula is C13H16BrNO4S. The lowest BCUT2D eigenvalue weighted by Crippen LogP contribution is -2.45. The standard InChI is InChI=1S/C13H16BrNO4S/c1-13(2,8-3-4-8)15-20(18,19)9-5-6-11(14)10(7-9)12(16)17/h5-8,15H,3-4H2,1-2H3,(H,16,17). The highest BCUT2D eigenvalue weighted by Crippen LogP contribution is 2.40. The van der Waals surface area contributed by atoms with E-state index in [2.05, 4.69) is 20.7 Å². The molecule has 0 bridgehead atoms. The van der Waals surface area contributed by atoms with E-state index in [1.807, 2.05) is 13.8 Å². The third-order valence-electron chi connectivity index (χ3n) is 3.47. The summed E-state index contributed by atoms with van der Waals surface area (Å²) in [4.78, 5) is 11.0. The summed E-state index contributed by atoms with van der Waals surface area (Å²) in [6.07, 6.45) is 2.02. The van der Waals surface area contributed by atoms with Crippen molar-refractivity contribution in [1.29, 1.82) is 0 Å². The summed E-state index contributed by atoms with van der Waals surface area (Å²) in [5.41, 5.74) is -0.591. The molecule has 2 N–H and O–H groups in total. The van der Waals surface area contributed by atoms with Gasteiger partial charge in [-0.05, 0) is 66.7 Å². The predicted molar refractivity (Wildman–Crippen MR) is 78.2 cm³/mol. The number of nitrogens with one attached hydrogen (secondary N) is 1. The fraction of sp³-hybridized carbons (Fsp3) is 0.462. The third-order valence-corrected chi connectivity index (χ3v) is 5.83. The number of carbonyl (C=O) groups is 1. The molecule has 0 saturated heterocycles. The highest BCUT2D eigenvalue weighted by atomic mass is 79.9. The van der Waals surface area contributed by atoms with Crippen LogP contribution < -0.4 is 4.72 Å². The van der Waals surface area contributed by atoms with E-state index in [0.29, 0.717) is 10.4 Å². The molecule has 1 aromatic carbocycles. The van der Waals surface area contributed by atoms with Crippen molar-refractivity contribution in [2.45, 2.75) is 37.1 Å². The fourth-order valence-electron chi connectivity index (χ4n) is 2.13. The molecule has 0 radical (unpaired) electrons. The number of aromatic carboxylic acids is 1. The van der Waals surface area contributed by atoms with Gasteiger partial charge in [0.15, 0.2) is 0 Å². The molecule has 0 aliphatic heterocycles. The van der Waals surface area contributed by atoms with Crippen molar-refractivity contribution in [3.05, 3.63) is 28.2 Å². The van der Waals surface area contributed by atoms with Crippen LogP contribution in [-0.4, -0.2) is 25.0 Å². The van der Waals surface area contributed by atoms with E-state index in [0.717, 1.165) is 18.9 Å². The smallest absolute Gasteiger partial charge is 0.336 e. The van der Waals surface area contributed by atoms with Gasteiger partial charge in [0.25, 0.3) is 0 Å². The van der Waals surface area contributed by atoms with E-state index in [-0.39, 0.29) is 10.5 Å². The van der Waals surface area contributed by atoms with Gasteiger partial charge in [-0.1, -0.05) is 0 Å². The minimum atomic E-state index is -3.73. The summed E-state index contributed by atoms with van der Waals surface area (Å²) in [7, 11) is -3.73. The quantitative estimate of drug-likeness (QED) is 0.844. The Morgan fingerprint density at radius 3 is 2.50 bits per heavy atom. The summed E-state index contributed by atoms with van der Waals surface area (Å²) < 4.78 is 27.7. The van der Waals surface area contributed by atoms with E-state index < -0.39 is 21.5 Å². The van der Waals surface area contributed by atoms with Crippen LogP contribution in [0.4, 0.5) is 0 Å². The third kappa shape index (κ3) is 3.21. The first-order valence-corrected chi connectivity index (χ1v) is 8.48. The van der Waals surface area contributed by atoms with Gasteiger partial charge in [0.2, 0.25) is 10.0 Å². The van der Waals surface area contributed by atoms with E-state index in [1.165, 1.54) is 12.1 Å². The fourth-order valence-corrected chi connectivity index (χ4v) is 4.04. The molecule has 1 fully saturated rings. The second-order valence-corrected chi connectivity index (χ2v) is 8.09. The predicted octanol–water partition coefficient (Wildman–Crippen LogP) is 2.61. The van der Waals surface area contributed by atoms with Crippen LogP contribution in [0.5, 0.6) is 0 Å². The molecule has 1 aliphatic carbocycles. The Kier molecular flexibility index (Phi) is 3.96. The lowest BCUT2D eigenvalue weighted by molar-refractivity contribution is 0.0695. The summed E-state index contributed by atoms with van der Waals surface area (Å²) >= 11 is 3.10. The molecule has 7 heteroatoms. The lowest BCUT2D eigenvalue weighted by Gasteiger charge is -2.25. The first-order valence-electron chi connectivity index (χ1n) is 6.20. The highest BCUT2D eigenvalue weighted by molar-refractivity contribution is 9.10. The first-order chi connectivity index (χ1) is 9.13. The Hall–Kier alpha value is -0.920. The number of sulfonamides is 1. The van der Waals surface area contributed by atoms with Gasteiger partial charge < -0.3 is 5.11 Å². The molecule has 0 atom stereocenters. The number of carboxylic acid groups (broad SMARTS) is 1. The zero-order valence-corrected chi connectivity index (χ0v) is 13.6. The van der Waals surface area contributed by atoms with Crippen molar-refractivity contribution in [3.8, 4) is 0 Å². The Balaban J connectivity index is 2.34. The van der Waals surface area contributed by atoms with Crippen molar-refractivity contribution in [2.75, 3.05) is 0 Å². The molecular weight excluding hydrogens is 346 g/mol. The molecule has 0 spiro atoms. The maximum absolute atomic E-state index is 12.3. The molecule has 0 unspecified atom stereocenters. The van der Waals surface area contributed by atoms with Crippen molar-refractivity contribution in [3.63, 3.8) is 0 Å². The molecule has 110 valence electrons. The van der Waals surface area contributed by atoms with Crippen molar-refractivity contribution in [1.82, 2.24) is 4.72 Å². The van der Waals surface area contributed by atoms with Crippen LogP contribution in [0.25, 0.3) is 0 Å². The number of halogens is 1. The first kappa shape index (κ1) is 15.5. The molecule has 2 rings (SSSR count). The number of hydrogen-bond donors (Lipinski definition) is 2. The largest absolute Gasteiger partial charge is 0.478 e. The lowest BCUT2D eigenvalue weighted by atomic mass is 10.0. The van der Waals surface area contributed by atoms with Gasteiger partial charge in [-0.15, -0.1) is 0 Å². The second kappa shape index (κ2) is 5.13. The van der Waals surface area contributed by atoms with Crippen LogP contribution in [0.1, 0.15) is 37.0 Å².